The molecule has 0 fully saturated rings. The minimum atomic E-state index is -0.302. The molecule has 3 rings (SSSR count). The fourth-order valence-electron chi connectivity index (χ4n) is 4.77. The Morgan fingerprint density at radius 1 is 0.935 bits per heavy atom. The van der Waals surface area contributed by atoms with Crippen LogP contribution in [-0.4, -0.2) is 12.6 Å². The number of carbonyl (C=O) groups is 1. The number of hydrogen-bond donors (Lipinski definition) is 0. The van der Waals surface area contributed by atoms with Gasteiger partial charge in [-0.25, -0.2) is 4.79 Å². The van der Waals surface area contributed by atoms with Crippen molar-refractivity contribution in [2.45, 2.75) is 66.2 Å². The summed E-state index contributed by atoms with van der Waals surface area (Å²) in [5, 5.41) is 0. The molecule has 0 saturated carbocycles. The Labute approximate surface area is 188 Å². The van der Waals surface area contributed by atoms with Gasteiger partial charge >= 0.3 is 5.97 Å². The summed E-state index contributed by atoms with van der Waals surface area (Å²) in [4.78, 5) is 11.7. The molecule has 1 aliphatic carbocycles. The molecule has 0 saturated heterocycles. The number of allylic oxidation sites excluding steroid dienone is 2. The van der Waals surface area contributed by atoms with E-state index in [0.29, 0.717) is 6.61 Å². The number of carbonyl (C=O) groups excluding carboxylic acids is 1. The Balaban J connectivity index is 2.02. The highest BCUT2D eigenvalue weighted by Gasteiger charge is 2.56. The number of ether oxygens (including phenoxy) is 1. The van der Waals surface area contributed by atoms with Crippen molar-refractivity contribution in [2.24, 2.45) is 5.41 Å². The van der Waals surface area contributed by atoms with Gasteiger partial charge in [-0.2, -0.15) is 0 Å². The molecule has 2 heteroatoms. The zero-order valence-corrected chi connectivity index (χ0v) is 20.3. The highest BCUT2D eigenvalue weighted by molar-refractivity contribution is 5.84. The average molecular weight is 417 g/mol. The first-order valence-electron chi connectivity index (χ1n) is 11.2. The van der Waals surface area contributed by atoms with Gasteiger partial charge in [0.15, 0.2) is 0 Å². The standard InChI is InChI=1S/C29H36O2/c1-9-31-26(30)18-20(2)14-15-21-12-10-11-13-23(21)22-16-17-24-25(19-22)28(5,6)29(7,8)27(24,3)4/h10-19H,9H2,1-8H3/b15-14+,20-18+. The van der Waals surface area contributed by atoms with Gasteiger partial charge in [-0.15, -0.1) is 0 Å². The Hall–Kier alpha value is -2.61. The molecule has 0 unspecified atom stereocenters. The van der Waals surface area contributed by atoms with E-state index in [9.17, 15) is 4.79 Å². The molecule has 31 heavy (non-hydrogen) atoms. The number of esters is 1. The maximum absolute atomic E-state index is 11.7. The van der Waals surface area contributed by atoms with Crippen LogP contribution in [0.25, 0.3) is 17.2 Å². The summed E-state index contributed by atoms with van der Waals surface area (Å²) in [5.74, 6) is -0.302. The number of fused-ring (bicyclic) bond motifs is 1. The molecule has 0 heterocycles. The molecule has 0 spiro atoms. The van der Waals surface area contributed by atoms with Gasteiger partial charge < -0.3 is 4.74 Å². The lowest BCUT2D eigenvalue weighted by Crippen LogP contribution is -2.42. The summed E-state index contributed by atoms with van der Waals surface area (Å²) in [6.07, 6.45) is 5.58. The largest absolute Gasteiger partial charge is 0.463 e. The van der Waals surface area contributed by atoms with Crippen molar-refractivity contribution in [2.75, 3.05) is 6.61 Å². The van der Waals surface area contributed by atoms with E-state index in [2.05, 4.69) is 90.1 Å². The van der Waals surface area contributed by atoms with Crippen LogP contribution in [0, 0.1) is 5.41 Å². The summed E-state index contributed by atoms with van der Waals surface area (Å²) in [5.41, 5.74) is 7.65. The lowest BCUT2D eigenvalue weighted by molar-refractivity contribution is -0.137. The van der Waals surface area contributed by atoms with Crippen molar-refractivity contribution in [1.29, 1.82) is 0 Å². The minimum absolute atomic E-state index is 0.0750. The van der Waals surface area contributed by atoms with Gasteiger partial charge in [-0.1, -0.05) is 96.2 Å². The summed E-state index contributed by atoms with van der Waals surface area (Å²) in [6, 6.07) is 15.4. The van der Waals surface area contributed by atoms with Gasteiger partial charge in [0.1, 0.15) is 0 Å². The van der Waals surface area contributed by atoms with Gasteiger partial charge in [-0.3, -0.25) is 0 Å². The summed E-state index contributed by atoms with van der Waals surface area (Å²) >= 11 is 0. The van der Waals surface area contributed by atoms with Gasteiger partial charge in [0.25, 0.3) is 0 Å². The maximum atomic E-state index is 11.7. The number of rotatable bonds is 5. The zero-order chi connectivity index (χ0) is 23.0. The third-order valence-electron chi connectivity index (χ3n) is 7.92. The van der Waals surface area contributed by atoms with E-state index in [1.165, 1.54) is 28.3 Å². The lowest BCUT2D eigenvalue weighted by Gasteiger charge is -2.44. The van der Waals surface area contributed by atoms with Gasteiger partial charge in [-0.05, 0) is 63.5 Å². The monoisotopic (exact) mass is 416 g/mol. The number of benzene rings is 2. The molecule has 0 aromatic heterocycles. The predicted molar refractivity (Wildman–Crippen MR) is 131 cm³/mol. The minimum Gasteiger partial charge on any atom is -0.463 e. The van der Waals surface area contributed by atoms with E-state index in [-0.39, 0.29) is 22.2 Å². The van der Waals surface area contributed by atoms with Crippen molar-refractivity contribution in [1.82, 2.24) is 0 Å². The summed E-state index contributed by atoms with van der Waals surface area (Å²) in [7, 11) is 0. The molecule has 0 bridgehead atoms. The van der Waals surface area contributed by atoms with Crippen LogP contribution in [0.4, 0.5) is 0 Å². The van der Waals surface area contributed by atoms with Crippen LogP contribution in [0.15, 0.2) is 60.2 Å². The SMILES string of the molecule is CCOC(=O)/C=C(C)/C=C/c1ccccc1-c1ccc2c(c1)C(C)(C)C(C)(C)C2(C)C. The fraction of sp³-hybridized carbons (Fsp3) is 0.414. The van der Waals surface area contributed by atoms with Crippen molar-refractivity contribution in [3.05, 3.63) is 76.9 Å². The van der Waals surface area contributed by atoms with Crippen LogP contribution >= 0.6 is 0 Å². The molecule has 2 aromatic carbocycles. The molecular weight excluding hydrogens is 380 g/mol. The van der Waals surface area contributed by atoms with Crippen LogP contribution < -0.4 is 0 Å². The van der Waals surface area contributed by atoms with E-state index in [1.54, 1.807) is 0 Å². The van der Waals surface area contributed by atoms with Gasteiger partial charge in [0, 0.05) is 6.08 Å². The fourth-order valence-corrected chi connectivity index (χ4v) is 4.77. The Bertz CT molecular complexity index is 1050. The van der Waals surface area contributed by atoms with Crippen molar-refractivity contribution in [3.63, 3.8) is 0 Å². The highest BCUT2D eigenvalue weighted by atomic mass is 16.5. The van der Waals surface area contributed by atoms with Crippen LogP contribution in [0.3, 0.4) is 0 Å². The summed E-state index contributed by atoms with van der Waals surface area (Å²) < 4.78 is 5.00. The normalized spacial score (nSPS) is 18.8. The molecule has 0 amide bonds. The first-order valence-corrected chi connectivity index (χ1v) is 11.2. The van der Waals surface area contributed by atoms with Gasteiger partial charge in [0.05, 0.1) is 6.61 Å². The summed E-state index contributed by atoms with van der Waals surface area (Å²) in [6.45, 7) is 18.4. The van der Waals surface area contributed by atoms with Gasteiger partial charge in [0.2, 0.25) is 0 Å². The van der Waals surface area contributed by atoms with Crippen LogP contribution in [0.2, 0.25) is 0 Å². The second kappa shape index (κ2) is 8.15. The molecule has 2 nitrogen and oxygen atoms in total. The predicted octanol–water partition coefficient (Wildman–Crippen LogP) is 7.47. The molecular formula is C29H36O2. The zero-order valence-electron chi connectivity index (χ0n) is 20.3. The van der Waals surface area contributed by atoms with Crippen molar-refractivity contribution in [3.8, 4) is 11.1 Å². The highest BCUT2D eigenvalue weighted by Crippen LogP contribution is 2.61. The third kappa shape index (κ3) is 3.89. The Morgan fingerprint density at radius 2 is 1.58 bits per heavy atom. The second-order valence-corrected chi connectivity index (χ2v) is 10.2. The molecule has 0 aliphatic heterocycles. The maximum Gasteiger partial charge on any atom is 0.330 e. The Morgan fingerprint density at radius 3 is 2.26 bits per heavy atom. The second-order valence-electron chi connectivity index (χ2n) is 10.2. The number of hydrogen-bond acceptors (Lipinski definition) is 2. The smallest absolute Gasteiger partial charge is 0.330 e. The topological polar surface area (TPSA) is 26.3 Å². The third-order valence-corrected chi connectivity index (χ3v) is 7.92. The molecule has 164 valence electrons. The van der Waals surface area contributed by atoms with Crippen LogP contribution in [-0.2, 0) is 20.4 Å². The lowest BCUT2D eigenvalue weighted by atomic mass is 9.59. The molecule has 2 aromatic rings. The van der Waals surface area contributed by atoms with E-state index in [0.717, 1.165) is 11.1 Å². The molecule has 0 radical (unpaired) electrons. The van der Waals surface area contributed by atoms with E-state index < -0.39 is 0 Å². The van der Waals surface area contributed by atoms with E-state index in [4.69, 9.17) is 4.74 Å². The first-order chi connectivity index (χ1) is 14.4. The van der Waals surface area contributed by atoms with Crippen molar-refractivity contribution >= 4 is 12.0 Å². The Kier molecular flexibility index (Phi) is 6.06. The quantitative estimate of drug-likeness (QED) is 0.287. The average Bonchev–Trinajstić information content (AvgIpc) is 2.81. The van der Waals surface area contributed by atoms with Crippen molar-refractivity contribution < 1.29 is 9.53 Å². The van der Waals surface area contributed by atoms with E-state index in [1.807, 2.05) is 19.9 Å². The first kappa shape index (κ1) is 23.1. The molecule has 1 aliphatic rings. The van der Waals surface area contributed by atoms with Crippen LogP contribution in [0.5, 0.6) is 0 Å². The van der Waals surface area contributed by atoms with Crippen LogP contribution in [0.1, 0.15) is 72.1 Å². The molecule has 0 atom stereocenters. The van der Waals surface area contributed by atoms with E-state index >= 15 is 0 Å². The molecule has 0 N–H and O–H groups in total.